The van der Waals surface area contributed by atoms with Gasteiger partial charge in [0.15, 0.2) is 0 Å². The summed E-state index contributed by atoms with van der Waals surface area (Å²) < 4.78 is 27.6. The van der Waals surface area contributed by atoms with Crippen LogP contribution in [0.15, 0.2) is 0 Å². The Labute approximate surface area is 199 Å². The van der Waals surface area contributed by atoms with E-state index in [1.54, 1.807) is 6.92 Å². The van der Waals surface area contributed by atoms with Crippen LogP contribution in [0.4, 0.5) is 0 Å². The summed E-state index contributed by atoms with van der Waals surface area (Å²) in [6.45, 7) is 1.69. The van der Waals surface area contributed by atoms with Gasteiger partial charge in [-0.25, -0.2) is 0 Å². The fourth-order valence-electron chi connectivity index (χ4n) is 0.942. The third-order valence-corrected chi connectivity index (χ3v) is 2.64. The molecule has 0 aliphatic carbocycles. The van der Waals surface area contributed by atoms with Gasteiger partial charge in [-0.3, -0.25) is 4.55 Å². The molecule has 0 fully saturated rings. The Morgan fingerprint density at radius 3 is 1.35 bits per heavy atom. The number of carboxylic acid groups (broad SMARTS) is 3. The SMILES string of the molecule is CCCS(=O)(=O)O.O=C([O-])CC(O)(CC(=O)[O-])C(=O)[O-].[Na+].[Na+].[Na+]. The van der Waals surface area contributed by atoms with Crippen LogP contribution in [0.5, 0.6) is 0 Å². The van der Waals surface area contributed by atoms with Crippen LogP contribution in [0.25, 0.3) is 0 Å². The molecule has 10 nitrogen and oxygen atoms in total. The second-order valence-corrected chi connectivity index (χ2v) is 5.27. The van der Waals surface area contributed by atoms with E-state index in [9.17, 15) is 38.1 Å². The normalized spacial score (nSPS) is 9.70. The van der Waals surface area contributed by atoms with Crippen molar-refractivity contribution >= 4 is 28.0 Å². The number of carbonyl (C=O) groups is 3. The number of rotatable bonds is 7. The molecule has 0 saturated carbocycles. The van der Waals surface area contributed by atoms with Crippen LogP contribution in [-0.2, 0) is 24.5 Å². The maximum absolute atomic E-state index is 10.1. The van der Waals surface area contributed by atoms with Gasteiger partial charge in [0.1, 0.15) is 5.60 Å². The molecular weight excluding hydrogens is 369 g/mol. The van der Waals surface area contributed by atoms with Crippen LogP contribution in [0.3, 0.4) is 0 Å². The average molecular weight is 382 g/mol. The fraction of sp³-hybridized carbons (Fsp3) is 0.667. The first-order chi connectivity index (χ1) is 8.84. The van der Waals surface area contributed by atoms with E-state index in [0.29, 0.717) is 6.42 Å². The largest absolute Gasteiger partial charge is 1.00 e. The molecule has 0 atom stereocenters. The third-order valence-electron chi connectivity index (χ3n) is 1.72. The van der Waals surface area contributed by atoms with Crippen molar-refractivity contribution in [2.24, 2.45) is 0 Å². The molecule has 0 unspecified atom stereocenters. The van der Waals surface area contributed by atoms with Crippen molar-refractivity contribution < 1.29 is 136 Å². The van der Waals surface area contributed by atoms with E-state index in [1.165, 1.54) is 0 Å². The zero-order valence-corrected chi connectivity index (χ0v) is 20.2. The van der Waals surface area contributed by atoms with E-state index >= 15 is 0 Å². The van der Waals surface area contributed by atoms with Gasteiger partial charge < -0.3 is 34.8 Å². The predicted molar refractivity (Wildman–Crippen MR) is 55.9 cm³/mol. The number of hydrogen-bond donors (Lipinski definition) is 2. The van der Waals surface area contributed by atoms with Crippen molar-refractivity contribution in [2.45, 2.75) is 31.8 Å². The summed E-state index contributed by atoms with van der Waals surface area (Å²) in [4.78, 5) is 30.0. The van der Waals surface area contributed by atoms with Crippen LogP contribution >= 0.6 is 0 Å². The topological polar surface area (TPSA) is 195 Å². The number of hydrogen-bond acceptors (Lipinski definition) is 9. The molecule has 0 bridgehead atoms. The van der Waals surface area contributed by atoms with Gasteiger partial charge in [0.2, 0.25) is 0 Å². The van der Waals surface area contributed by atoms with E-state index in [-0.39, 0.29) is 94.4 Å². The summed E-state index contributed by atoms with van der Waals surface area (Å²) >= 11 is 0. The maximum Gasteiger partial charge on any atom is 1.00 e. The van der Waals surface area contributed by atoms with Gasteiger partial charge in [-0.15, -0.1) is 0 Å². The molecule has 0 saturated heterocycles. The van der Waals surface area contributed by atoms with Crippen LogP contribution in [0, 0.1) is 0 Å². The predicted octanol–water partition coefficient (Wildman–Crippen LogP) is -14.0. The summed E-state index contributed by atoms with van der Waals surface area (Å²) in [5.74, 6) is -6.12. The molecule has 118 valence electrons. The van der Waals surface area contributed by atoms with Crippen molar-refractivity contribution in [3.63, 3.8) is 0 Å². The van der Waals surface area contributed by atoms with Crippen LogP contribution in [0.2, 0.25) is 0 Å². The molecule has 0 rings (SSSR count). The first kappa shape index (κ1) is 35.4. The minimum atomic E-state index is -3.67. The van der Waals surface area contributed by atoms with Crippen molar-refractivity contribution in [1.29, 1.82) is 0 Å². The third kappa shape index (κ3) is 23.3. The summed E-state index contributed by atoms with van der Waals surface area (Å²) in [5.41, 5.74) is -2.97. The van der Waals surface area contributed by atoms with Crippen LogP contribution in [-0.4, -0.2) is 47.3 Å². The Bertz CT molecular complexity index is 448. The zero-order chi connectivity index (χ0) is 16.6. The number of carboxylic acids is 3. The van der Waals surface area contributed by atoms with E-state index in [4.69, 9.17) is 9.66 Å². The van der Waals surface area contributed by atoms with Gasteiger partial charge in [-0.1, -0.05) is 6.92 Å². The Balaban J connectivity index is -0.0000000945. The maximum atomic E-state index is 10.1. The molecule has 0 aromatic heterocycles. The monoisotopic (exact) mass is 382 g/mol. The summed E-state index contributed by atoms with van der Waals surface area (Å²) in [6.07, 6.45) is -2.24. The Morgan fingerprint density at radius 1 is 0.957 bits per heavy atom. The van der Waals surface area contributed by atoms with Gasteiger partial charge in [0, 0.05) is 24.8 Å². The zero-order valence-electron chi connectivity index (χ0n) is 13.4. The van der Waals surface area contributed by atoms with Crippen molar-refractivity contribution in [2.75, 3.05) is 5.75 Å². The molecule has 23 heavy (non-hydrogen) atoms. The quantitative estimate of drug-likeness (QED) is 0.315. The number of aliphatic carboxylic acids is 3. The Kier molecular flexibility index (Phi) is 25.8. The van der Waals surface area contributed by atoms with E-state index in [0.717, 1.165) is 0 Å². The molecule has 2 N–H and O–H groups in total. The number of aliphatic hydroxyl groups is 1. The standard InChI is InChI=1S/C6H8O7.C3H8O3S.3Na/c7-3(8)1-6(13,5(11)12)2-4(9)10;1-2-3-7(4,5)6;;;/h13H,1-2H2,(H,7,8)(H,9,10)(H,11,12);2-3H2,1H3,(H,4,5,6);;;/q;;3*+1/p-3. The van der Waals surface area contributed by atoms with Gasteiger partial charge in [0.05, 0.1) is 11.7 Å². The molecule has 0 spiro atoms. The second-order valence-electron chi connectivity index (χ2n) is 3.70. The Hall–Kier alpha value is 1.28. The summed E-state index contributed by atoms with van der Waals surface area (Å²) in [5, 5.41) is 38.9. The molecular formula is C9H13Na3O10S. The minimum absolute atomic E-state index is 0. The van der Waals surface area contributed by atoms with Gasteiger partial charge >= 0.3 is 88.7 Å². The van der Waals surface area contributed by atoms with Crippen molar-refractivity contribution in [3.05, 3.63) is 0 Å². The smallest absolute Gasteiger partial charge is 0.550 e. The van der Waals surface area contributed by atoms with E-state index in [2.05, 4.69) is 0 Å². The number of carbonyl (C=O) groups excluding carboxylic acids is 3. The Morgan fingerprint density at radius 2 is 1.26 bits per heavy atom. The van der Waals surface area contributed by atoms with Crippen molar-refractivity contribution in [1.82, 2.24) is 0 Å². The van der Waals surface area contributed by atoms with E-state index < -0.39 is 46.5 Å². The molecule has 0 aromatic rings. The molecule has 0 aliphatic heterocycles. The molecule has 0 aromatic carbocycles. The molecule has 0 amide bonds. The molecule has 0 heterocycles. The summed E-state index contributed by atoms with van der Waals surface area (Å²) in [7, 11) is -3.67. The first-order valence-corrected chi connectivity index (χ1v) is 6.73. The van der Waals surface area contributed by atoms with Crippen molar-refractivity contribution in [3.8, 4) is 0 Å². The van der Waals surface area contributed by atoms with Crippen LogP contribution < -0.4 is 104 Å². The minimum Gasteiger partial charge on any atom is -0.550 e. The van der Waals surface area contributed by atoms with Gasteiger partial charge in [-0.2, -0.15) is 8.42 Å². The molecule has 0 aliphatic rings. The van der Waals surface area contributed by atoms with Gasteiger partial charge in [-0.05, 0) is 6.42 Å². The first-order valence-electron chi connectivity index (χ1n) is 5.12. The second kappa shape index (κ2) is 16.7. The van der Waals surface area contributed by atoms with Crippen LogP contribution in [0.1, 0.15) is 26.2 Å². The van der Waals surface area contributed by atoms with Gasteiger partial charge in [0.25, 0.3) is 10.1 Å². The summed E-state index contributed by atoms with van der Waals surface area (Å²) in [6, 6.07) is 0. The average Bonchev–Trinajstić information content (AvgIpc) is 2.12. The van der Waals surface area contributed by atoms with E-state index in [1.807, 2.05) is 0 Å². The molecule has 0 radical (unpaired) electrons. The fourth-order valence-corrected chi connectivity index (χ4v) is 1.46. The molecule has 14 heteroatoms.